The third-order valence-electron chi connectivity index (χ3n) is 5.92. The van der Waals surface area contributed by atoms with Crippen molar-refractivity contribution in [1.29, 1.82) is 0 Å². The Morgan fingerprint density at radius 2 is 1.60 bits per heavy atom. The molecule has 35 heavy (non-hydrogen) atoms. The molecule has 1 aromatic heterocycles. The normalized spacial score (nSPS) is 11.3. The van der Waals surface area contributed by atoms with Crippen LogP contribution in [-0.4, -0.2) is 19.2 Å². The number of anilines is 2. The molecule has 5 heteroatoms. The zero-order chi connectivity index (χ0) is 24.2. The molecule has 0 bridgehead atoms. The fourth-order valence-electron chi connectivity index (χ4n) is 4.12. The quantitative estimate of drug-likeness (QED) is 0.239. The second-order valence-electron chi connectivity index (χ2n) is 8.24. The van der Waals surface area contributed by atoms with Gasteiger partial charge in [-0.1, -0.05) is 48.0 Å². The van der Waals surface area contributed by atoms with Gasteiger partial charge in [-0.05, 0) is 78.2 Å². The highest BCUT2D eigenvalue weighted by Crippen LogP contribution is 2.36. The Morgan fingerprint density at radius 1 is 0.800 bits per heavy atom. The summed E-state index contributed by atoms with van der Waals surface area (Å²) in [5.41, 5.74) is 6.06. The van der Waals surface area contributed by atoms with Crippen molar-refractivity contribution in [2.45, 2.75) is 6.42 Å². The first kappa shape index (κ1) is 22.8. The topological polar surface area (TPSA) is 43.4 Å². The molecule has 1 N–H and O–H groups in total. The molecule has 0 aliphatic rings. The molecule has 0 aliphatic carbocycles. The van der Waals surface area contributed by atoms with Gasteiger partial charge in [0.25, 0.3) is 0 Å². The summed E-state index contributed by atoms with van der Waals surface area (Å²) in [4.78, 5) is 4.82. The number of nitrogens with zero attached hydrogens (tertiary/aromatic N) is 1. The minimum atomic E-state index is 0.662. The third kappa shape index (κ3) is 5.08. The molecule has 0 saturated heterocycles. The highest BCUT2D eigenvalue weighted by Gasteiger charge is 2.11. The number of ether oxygens (including phenoxy) is 2. The maximum atomic E-state index is 6.27. The van der Waals surface area contributed by atoms with Gasteiger partial charge in [0.05, 0.1) is 30.9 Å². The van der Waals surface area contributed by atoms with Crippen molar-refractivity contribution in [3.05, 3.63) is 107 Å². The van der Waals surface area contributed by atoms with Crippen LogP contribution in [0.1, 0.15) is 11.1 Å². The van der Waals surface area contributed by atoms with Crippen molar-refractivity contribution in [2.24, 2.45) is 0 Å². The monoisotopic (exact) mass is 480 g/mol. The Bertz CT molecular complexity index is 1530. The lowest BCUT2D eigenvalue weighted by atomic mass is 10.1. The minimum absolute atomic E-state index is 0.662. The summed E-state index contributed by atoms with van der Waals surface area (Å²) in [6.07, 6.45) is 5.12. The summed E-state index contributed by atoms with van der Waals surface area (Å²) < 4.78 is 10.7. The number of nitrogens with one attached hydrogen (secondary N) is 1. The molecular formula is C30H25ClN2O2. The molecule has 0 radical (unpaired) electrons. The fourth-order valence-corrected chi connectivity index (χ4v) is 4.29. The van der Waals surface area contributed by atoms with Gasteiger partial charge >= 0.3 is 0 Å². The van der Waals surface area contributed by atoms with Crippen LogP contribution in [0, 0.1) is 0 Å². The highest BCUT2D eigenvalue weighted by atomic mass is 35.5. The number of hydrogen-bond donors (Lipinski definition) is 1. The van der Waals surface area contributed by atoms with Crippen LogP contribution in [0.15, 0.2) is 91.0 Å². The number of allylic oxidation sites excluding steroid dienone is 1. The van der Waals surface area contributed by atoms with Crippen LogP contribution in [0.4, 0.5) is 11.4 Å². The molecule has 4 aromatic carbocycles. The summed E-state index contributed by atoms with van der Waals surface area (Å²) >= 11 is 6.27. The lowest BCUT2D eigenvalue weighted by Crippen LogP contribution is -1.97. The van der Waals surface area contributed by atoms with Crippen LogP contribution in [0.2, 0.25) is 5.02 Å². The average molecular weight is 481 g/mol. The zero-order valence-corrected chi connectivity index (χ0v) is 20.3. The van der Waals surface area contributed by atoms with Gasteiger partial charge in [-0.3, -0.25) is 0 Å². The second-order valence-corrected chi connectivity index (χ2v) is 8.67. The largest absolute Gasteiger partial charge is 0.497 e. The van der Waals surface area contributed by atoms with Gasteiger partial charge in [0.15, 0.2) is 0 Å². The first-order chi connectivity index (χ1) is 17.1. The minimum Gasteiger partial charge on any atom is -0.497 e. The van der Waals surface area contributed by atoms with Crippen molar-refractivity contribution in [2.75, 3.05) is 19.5 Å². The van der Waals surface area contributed by atoms with E-state index in [0.29, 0.717) is 5.02 Å². The number of benzene rings is 4. The Hall–Kier alpha value is -4.02. The van der Waals surface area contributed by atoms with E-state index in [1.165, 1.54) is 5.56 Å². The first-order valence-corrected chi connectivity index (χ1v) is 11.7. The maximum Gasteiger partial charge on any atom is 0.119 e. The van der Waals surface area contributed by atoms with Crippen LogP contribution in [0.3, 0.4) is 0 Å². The smallest absolute Gasteiger partial charge is 0.119 e. The molecule has 5 rings (SSSR count). The Balaban J connectivity index is 1.46. The number of aromatic nitrogens is 1. The second kappa shape index (κ2) is 10.1. The number of rotatable bonds is 7. The van der Waals surface area contributed by atoms with E-state index in [4.69, 9.17) is 26.1 Å². The third-order valence-corrected chi connectivity index (χ3v) is 6.15. The van der Waals surface area contributed by atoms with Gasteiger partial charge < -0.3 is 14.8 Å². The summed E-state index contributed by atoms with van der Waals surface area (Å²) in [6, 6.07) is 28.2. The average Bonchev–Trinajstić information content (AvgIpc) is 2.89. The van der Waals surface area contributed by atoms with Crippen LogP contribution in [0.5, 0.6) is 11.5 Å². The first-order valence-electron chi connectivity index (χ1n) is 11.4. The summed E-state index contributed by atoms with van der Waals surface area (Å²) in [7, 11) is 3.35. The van der Waals surface area contributed by atoms with Gasteiger partial charge in [-0.25, -0.2) is 4.98 Å². The Morgan fingerprint density at radius 3 is 2.40 bits per heavy atom. The summed E-state index contributed by atoms with van der Waals surface area (Å²) in [6.45, 7) is 0. The predicted molar refractivity (Wildman–Crippen MR) is 146 cm³/mol. The van der Waals surface area contributed by atoms with E-state index in [1.54, 1.807) is 14.2 Å². The molecule has 0 unspecified atom stereocenters. The summed E-state index contributed by atoms with van der Waals surface area (Å²) in [5.74, 6) is 1.64. The van der Waals surface area contributed by atoms with E-state index in [1.807, 2.05) is 60.7 Å². The lowest BCUT2D eigenvalue weighted by molar-refractivity contribution is 0.415. The lowest BCUT2D eigenvalue weighted by Gasteiger charge is -2.15. The molecule has 4 nitrogen and oxygen atoms in total. The zero-order valence-electron chi connectivity index (χ0n) is 19.6. The SMILES string of the molecule is COc1ccc(C=CCc2cccc(Nc3c4ccc(Cl)cc4nc4ccc(OC)cc34)c2)cc1. The highest BCUT2D eigenvalue weighted by molar-refractivity contribution is 6.31. The fraction of sp³-hybridized carbons (Fsp3) is 0.100. The van der Waals surface area contributed by atoms with E-state index in [2.05, 4.69) is 41.7 Å². The molecule has 0 atom stereocenters. The molecule has 5 aromatic rings. The van der Waals surface area contributed by atoms with Gasteiger partial charge in [-0.15, -0.1) is 0 Å². The molecule has 1 heterocycles. The molecule has 0 aliphatic heterocycles. The molecule has 0 saturated carbocycles. The molecule has 0 amide bonds. The number of pyridine rings is 1. The molecule has 0 fully saturated rings. The van der Waals surface area contributed by atoms with Gasteiger partial charge in [0.1, 0.15) is 11.5 Å². The Labute approximate surface area is 209 Å². The standard InChI is InChI=1S/C30H25ClN2O2/c1-34-24-12-9-20(10-13-24)5-3-6-21-7-4-8-23(17-21)32-30-26-15-11-22(31)18-29(26)33-28-16-14-25(35-2)19-27(28)30/h3-5,7-19H,6H2,1-2H3,(H,32,33). The van der Waals surface area contributed by atoms with Gasteiger partial charge in [-0.2, -0.15) is 0 Å². The van der Waals surface area contributed by atoms with Crippen molar-refractivity contribution in [3.63, 3.8) is 0 Å². The van der Waals surface area contributed by atoms with Gasteiger partial charge in [0.2, 0.25) is 0 Å². The predicted octanol–water partition coefficient (Wildman–Crippen LogP) is 8.06. The van der Waals surface area contributed by atoms with Crippen molar-refractivity contribution < 1.29 is 9.47 Å². The van der Waals surface area contributed by atoms with Crippen molar-refractivity contribution in [3.8, 4) is 11.5 Å². The number of hydrogen-bond acceptors (Lipinski definition) is 4. The Kier molecular flexibility index (Phi) is 6.55. The van der Waals surface area contributed by atoms with Crippen molar-refractivity contribution in [1.82, 2.24) is 4.98 Å². The molecule has 0 spiro atoms. The van der Waals surface area contributed by atoms with Gasteiger partial charge in [0, 0.05) is 21.5 Å². The summed E-state index contributed by atoms with van der Waals surface area (Å²) in [5, 5.41) is 6.30. The van der Waals surface area contributed by atoms with E-state index < -0.39 is 0 Å². The van der Waals surface area contributed by atoms with E-state index in [-0.39, 0.29) is 0 Å². The van der Waals surface area contributed by atoms with Crippen molar-refractivity contribution >= 4 is 50.9 Å². The van der Waals surface area contributed by atoms with E-state index in [0.717, 1.165) is 56.7 Å². The van der Waals surface area contributed by atoms with E-state index in [9.17, 15) is 0 Å². The van der Waals surface area contributed by atoms with Crippen LogP contribution >= 0.6 is 11.6 Å². The number of methoxy groups -OCH3 is 2. The van der Waals surface area contributed by atoms with Crippen LogP contribution in [-0.2, 0) is 6.42 Å². The number of halogens is 1. The van der Waals surface area contributed by atoms with Crippen LogP contribution in [0.25, 0.3) is 27.9 Å². The van der Waals surface area contributed by atoms with E-state index >= 15 is 0 Å². The van der Waals surface area contributed by atoms with Crippen LogP contribution < -0.4 is 14.8 Å². The number of fused-ring (bicyclic) bond motifs is 2. The maximum absolute atomic E-state index is 6.27. The molecule has 174 valence electrons. The molecular weight excluding hydrogens is 456 g/mol.